The Morgan fingerprint density at radius 2 is 1.82 bits per heavy atom. The number of benzene rings is 2. The maximum Gasteiger partial charge on any atom is 0.416 e. The van der Waals surface area contributed by atoms with E-state index in [0.29, 0.717) is 21.7 Å². The molecule has 1 heterocycles. The van der Waals surface area contributed by atoms with Gasteiger partial charge in [-0.15, -0.1) is 0 Å². The van der Waals surface area contributed by atoms with Gasteiger partial charge in [-0.1, -0.05) is 31.2 Å². The monoisotopic (exact) mass is 464 g/mol. The van der Waals surface area contributed by atoms with E-state index in [0.717, 1.165) is 18.2 Å². The smallest absolute Gasteiger partial charge is 0.348 e. The van der Waals surface area contributed by atoms with Crippen molar-refractivity contribution in [1.29, 1.82) is 0 Å². The molecule has 0 radical (unpaired) electrons. The topological polar surface area (TPSA) is 86.0 Å². The lowest BCUT2D eigenvalue weighted by Crippen LogP contribution is -2.47. The molecule has 11 heteroatoms. The summed E-state index contributed by atoms with van der Waals surface area (Å²) in [4.78, 5) is 38.7. The molecule has 1 amide bonds. The summed E-state index contributed by atoms with van der Waals surface area (Å²) in [6, 6.07) is 8.76. The Hall–Kier alpha value is -3.76. The molecule has 0 aliphatic heterocycles. The summed E-state index contributed by atoms with van der Waals surface area (Å²) in [5.74, 6) is -1.60. The maximum atomic E-state index is 14.2. The van der Waals surface area contributed by atoms with Gasteiger partial charge in [0.25, 0.3) is 11.5 Å². The van der Waals surface area contributed by atoms with Crippen molar-refractivity contribution < 1.29 is 22.4 Å². The molecule has 2 aromatic carbocycles. The quantitative estimate of drug-likeness (QED) is 0.568. The molecule has 0 bridgehead atoms. The lowest BCUT2D eigenvalue weighted by Gasteiger charge is -2.15. The second-order valence-electron chi connectivity index (χ2n) is 7.36. The summed E-state index contributed by atoms with van der Waals surface area (Å²) in [5.41, 5.74) is -4.30. The van der Waals surface area contributed by atoms with Crippen LogP contribution in [-0.2, 0) is 12.7 Å². The highest BCUT2D eigenvalue weighted by Crippen LogP contribution is 2.29. The van der Waals surface area contributed by atoms with E-state index in [1.165, 1.54) is 24.3 Å². The van der Waals surface area contributed by atoms with Crippen LogP contribution in [0.4, 0.5) is 17.6 Å². The minimum Gasteiger partial charge on any atom is -0.348 e. The van der Waals surface area contributed by atoms with Crippen LogP contribution in [0.5, 0.6) is 0 Å². The Morgan fingerprint density at radius 3 is 2.45 bits per heavy atom. The summed E-state index contributed by atoms with van der Waals surface area (Å²) in [6.07, 6.45) is -4.17. The third kappa shape index (κ3) is 5.18. The first-order valence-corrected chi connectivity index (χ1v) is 9.99. The molecule has 0 aliphatic carbocycles. The first-order valence-electron chi connectivity index (χ1n) is 9.99. The molecule has 0 saturated carbocycles. The van der Waals surface area contributed by atoms with Crippen LogP contribution in [0.25, 0.3) is 5.69 Å². The first-order chi connectivity index (χ1) is 15.5. The molecule has 1 atom stereocenters. The van der Waals surface area contributed by atoms with Crippen LogP contribution in [0.3, 0.4) is 0 Å². The molecule has 0 fully saturated rings. The van der Waals surface area contributed by atoms with Crippen molar-refractivity contribution in [1.82, 2.24) is 19.7 Å². The number of carbonyl (C=O) groups excluding carboxylic acids is 1. The fraction of sp³-hybridized carbons (Fsp3) is 0.273. The van der Waals surface area contributed by atoms with Crippen molar-refractivity contribution in [3.63, 3.8) is 0 Å². The molecule has 0 aliphatic rings. The molecule has 3 aromatic rings. The van der Waals surface area contributed by atoms with Crippen LogP contribution < -0.4 is 16.6 Å². The second kappa shape index (κ2) is 9.39. The predicted molar refractivity (Wildman–Crippen MR) is 112 cm³/mol. The van der Waals surface area contributed by atoms with Gasteiger partial charge in [-0.25, -0.2) is 9.18 Å². The number of nitrogens with zero attached hydrogens (tertiary/aromatic N) is 3. The summed E-state index contributed by atoms with van der Waals surface area (Å²) in [6.45, 7) is 2.92. The van der Waals surface area contributed by atoms with Gasteiger partial charge in [0.2, 0.25) is 5.69 Å². The van der Waals surface area contributed by atoms with Gasteiger partial charge in [0.15, 0.2) is 0 Å². The summed E-state index contributed by atoms with van der Waals surface area (Å²) >= 11 is 0. The van der Waals surface area contributed by atoms with Crippen molar-refractivity contribution in [3.8, 4) is 5.69 Å². The van der Waals surface area contributed by atoms with Crippen molar-refractivity contribution in [3.05, 3.63) is 92.0 Å². The van der Waals surface area contributed by atoms with Gasteiger partial charge in [-0.2, -0.15) is 23.0 Å². The third-order valence-electron chi connectivity index (χ3n) is 4.97. The maximum absolute atomic E-state index is 14.2. The number of halogens is 4. The molecule has 0 spiro atoms. The molecule has 3 rings (SSSR count). The number of hydrogen-bond donors (Lipinski definition) is 1. The Kier molecular flexibility index (Phi) is 6.80. The minimum atomic E-state index is -4.70. The van der Waals surface area contributed by atoms with Crippen molar-refractivity contribution in [2.45, 2.75) is 39.0 Å². The van der Waals surface area contributed by atoms with Crippen LogP contribution in [0, 0.1) is 5.82 Å². The summed E-state index contributed by atoms with van der Waals surface area (Å²) in [5, 5.41) is 6.31. The molecule has 1 aromatic heterocycles. The van der Waals surface area contributed by atoms with E-state index in [1.54, 1.807) is 13.8 Å². The number of hydrogen-bond acceptors (Lipinski definition) is 4. The highest BCUT2D eigenvalue weighted by atomic mass is 19.4. The van der Waals surface area contributed by atoms with E-state index in [-0.39, 0.29) is 17.3 Å². The van der Waals surface area contributed by atoms with Crippen molar-refractivity contribution in [2.24, 2.45) is 0 Å². The Bertz CT molecular complexity index is 1300. The number of aromatic nitrogens is 3. The molecular formula is C22H20F4N4O3. The van der Waals surface area contributed by atoms with Gasteiger partial charge in [-0.3, -0.25) is 14.2 Å². The highest BCUT2D eigenvalue weighted by Gasteiger charge is 2.31. The zero-order valence-corrected chi connectivity index (χ0v) is 17.7. The van der Waals surface area contributed by atoms with Crippen LogP contribution in [-0.4, -0.2) is 26.3 Å². The highest BCUT2D eigenvalue weighted by molar-refractivity contribution is 5.91. The lowest BCUT2D eigenvalue weighted by molar-refractivity contribution is -0.137. The van der Waals surface area contributed by atoms with E-state index < -0.39 is 47.0 Å². The largest absolute Gasteiger partial charge is 0.416 e. The van der Waals surface area contributed by atoms with Crippen LogP contribution >= 0.6 is 0 Å². The van der Waals surface area contributed by atoms with E-state index >= 15 is 0 Å². The summed E-state index contributed by atoms with van der Waals surface area (Å²) in [7, 11) is 0. The SMILES string of the molecule is CC[C@@H](C)NC(=O)c1nn(-c2cccc(C(F)(F)F)c2)c(=O)n(Cc2ccccc2F)c1=O. The fourth-order valence-electron chi connectivity index (χ4n) is 2.97. The van der Waals surface area contributed by atoms with Gasteiger partial charge in [0, 0.05) is 11.6 Å². The molecule has 1 N–H and O–H groups in total. The molecular weight excluding hydrogens is 444 g/mol. The van der Waals surface area contributed by atoms with Gasteiger partial charge < -0.3 is 5.32 Å². The average Bonchev–Trinajstić information content (AvgIpc) is 2.77. The van der Waals surface area contributed by atoms with Gasteiger partial charge >= 0.3 is 11.9 Å². The molecule has 0 saturated heterocycles. The number of rotatable bonds is 6. The van der Waals surface area contributed by atoms with Gasteiger partial charge in [0.1, 0.15) is 5.82 Å². The second-order valence-corrected chi connectivity index (χ2v) is 7.36. The first kappa shape index (κ1) is 23.9. The van der Waals surface area contributed by atoms with Crippen LogP contribution in [0.1, 0.15) is 41.9 Å². The third-order valence-corrected chi connectivity index (χ3v) is 4.97. The standard InChI is InChI=1S/C22H20F4N4O3/c1-3-13(2)27-19(31)18-20(32)29(12-14-7-4-5-10-17(14)23)21(33)30(28-18)16-9-6-8-15(11-16)22(24,25)26/h4-11,13H,3,12H2,1-2H3,(H,27,31)/t13-/m1/s1. The fourth-order valence-corrected chi connectivity index (χ4v) is 2.97. The number of carbonyl (C=O) groups is 1. The Labute approximate surface area is 185 Å². The Balaban J connectivity index is 2.24. The molecule has 7 nitrogen and oxygen atoms in total. The Morgan fingerprint density at radius 1 is 1.12 bits per heavy atom. The zero-order valence-electron chi connectivity index (χ0n) is 17.7. The molecule has 33 heavy (non-hydrogen) atoms. The van der Waals surface area contributed by atoms with E-state index in [2.05, 4.69) is 10.4 Å². The van der Waals surface area contributed by atoms with E-state index in [4.69, 9.17) is 0 Å². The van der Waals surface area contributed by atoms with Gasteiger partial charge in [-0.05, 0) is 37.6 Å². The zero-order chi connectivity index (χ0) is 24.3. The minimum absolute atomic E-state index is 0.0215. The molecule has 0 unspecified atom stereocenters. The average molecular weight is 464 g/mol. The van der Waals surface area contributed by atoms with Crippen LogP contribution in [0.15, 0.2) is 58.1 Å². The number of nitrogens with one attached hydrogen (secondary N) is 1. The van der Waals surface area contributed by atoms with Crippen molar-refractivity contribution in [2.75, 3.05) is 0 Å². The number of amides is 1. The lowest BCUT2D eigenvalue weighted by atomic mass is 10.2. The normalized spacial score (nSPS) is 12.4. The predicted octanol–water partition coefficient (Wildman–Crippen LogP) is 3.13. The molecule has 174 valence electrons. The van der Waals surface area contributed by atoms with Gasteiger partial charge in [0.05, 0.1) is 17.8 Å². The summed E-state index contributed by atoms with van der Waals surface area (Å²) < 4.78 is 54.8. The number of alkyl halides is 3. The van der Waals surface area contributed by atoms with Crippen LogP contribution in [0.2, 0.25) is 0 Å². The van der Waals surface area contributed by atoms with E-state index in [9.17, 15) is 31.9 Å². The van der Waals surface area contributed by atoms with E-state index in [1.807, 2.05) is 0 Å². The van der Waals surface area contributed by atoms with Crippen molar-refractivity contribution >= 4 is 5.91 Å².